The first-order valence-corrected chi connectivity index (χ1v) is 13.5. The minimum Gasteiger partial charge on any atom is -0.347 e. The number of para-hydroxylation sites is 1. The van der Waals surface area contributed by atoms with Crippen LogP contribution in [0.3, 0.4) is 0 Å². The average molecular weight is 603 g/mol. The van der Waals surface area contributed by atoms with Crippen molar-refractivity contribution >= 4 is 40.7 Å². The van der Waals surface area contributed by atoms with E-state index in [0.29, 0.717) is 16.3 Å². The molecule has 3 amide bonds. The molecule has 0 bridgehead atoms. The molecule has 43 heavy (non-hydrogen) atoms. The summed E-state index contributed by atoms with van der Waals surface area (Å²) in [6.45, 7) is 4.01. The van der Waals surface area contributed by atoms with Crippen molar-refractivity contribution in [1.82, 2.24) is 25.2 Å². The molecule has 5 aromatic rings. The van der Waals surface area contributed by atoms with Gasteiger partial charge in [0.2, 0.25) is 0 Å². The number of benzene rings is 3. The van der Waals surface area contributed by atoms with E-state index in [2.05, 4.69) is 26.0 Å². The van der Waals surface area contributed by atoms with Gasteiger partial charge in [-0.15, -0.1) is 0 Å². The van der Waals surface area contributed by atoms with Crippen molar-refractivity contribution in [1.29, 1.82) is 0 Å². The normalized spacial score (nSPS) is 10.9. The number of fused-ring (bicyclic) bond motifs is 1. The van der Waals surface area contributed by atoms with Crippen LogP contribution in [0.4, 0.5) is 14.5 Å². The van der Waals surface area contributed by atoms with Crippen LogP contribution in [0.5, 0.6) is 0 Å². The fraction of sp³-hybridized carbons (Fsp3) is 0.129. The summed E-state index contributed by atoms with van der Waals surface area (Å²) in [5.74, 6) is -3.96. The van der Waals surface area contributed by atoms with Crippen molar-refractivity contribution in [3.05, 3.63) is 129 Å². The van der Waals surface area contributed by atoms with Gasteiger partial charge < -0.3 is 16.0 Å². The van der Waals surface area contributed by atoms with Crippen LogP contribution in [0.1, 0.15) is 53.6 Å². The molecule has 0 unspecified atom stereocenters. The lowest BCUT2D eigenvalue weighted by Crippen LogP contribution is -2.28. The molecule has 2 heterocycles. The summed E-state index contributed by atoms with van der Waals surface area (Å²) in [5, 5.41) is 12.6. The molecular weight excluding hydrogens is 578 g/mol. The van der Waals surface area contributed by atoms with Gasteiger partial charge in [0.25, 0.3) is 17.7 Å². The lowest BCUT2D eigenvalue weighted by molar-refractivity contribution is 0.0940. The quantitative estimate of drug-likeness (QED) is 0.220. The Bertz CT molecular complexity index is 1890. The molecule has 3 aromatic carbocycles. The molecule has 2 aromatic heterocycles. The number of anilines is 1. The van der Waals surface area contributed by atoms with Crippen molar-refractivity contribution < 1.29 is 23.2 Å². The molecule has 5 rings (SSSR count). The number of nitrogens with one attached hydrogen (secondary N) is 3. The Balaban J connectivity index is 1.47. The fourth-order valence-electron chi connectivity index (χ4n) is 4.26. The number of carbonyl (C=O) groups excluding carboxylic acids is 3. The second kappa shape index (κ2) is 12.4. The molecule has 0 spiro atoms. The molecule has 218 valence electrons. The Morgan fingerprint density at radius 3 is 2.23 bits per heavy atom. The number of aromatic nitrogens is 3. The van der Waals surface area contributed by atoms with Gasteiger partial charge in [0.1, 0.15) is 17.0 Å². The molecule has 0 aliphatic rings. The monoisotopic (exact) mass is 602 g/mol. The Hall–Kier alpha value is -5.16. The number of amides is 3. The van der Waals surface area contributed by atoms with Gasteiger partial charge in [-0.1, -0.05) is 48.0 Å². The van der Waals surface area contributed by atoms with Crippen molar-refractivity contribution in [3.63, 3.8) is 0 Å². The molecule has 3 N–H and O–H groups in total. The standard InChI is InChI=1S/C31H25ClF2N6O3/c1-17-7-8-19(11-18(17)2)14-36-31(43)27-13-26(30(42)35-15-20-9-10-23(33)24(34)12-20)38-28-21(16-37-40(27)28)29(41)39-25-6-4-3-5-22(25)32/h3-13,16H,14-15H2,1-2H3,(H,35,42)(H,36,43)(H,39,41). The second-order valence-electron chi connectivity index (χ2n) is 9.79. The fourth-order valence-corrected chi connectivity index (χ4v) is 4.45. The molecule has 0 fully saturated rings. The predicted octanol–water partition coefficient (Wildman–Crippen LogP) is 5.39. The van der Waals surface area contributed by atoms with Crippen LogP contribution in [0.15, 0.2) is 72.9 Å². The zero-order valence-corrected chi connectivity index (χ0v) is 23.8. The molecule has 0 saturated heterocycles. The van der Waals surface area contributed by atoms with Crippen LogP contribution >= 0.6 is 11.6 Å². The smallest absolute Gasteiger partial charge is 0.270 e. The van der Waals surface area contributed by atoms with Gasteiger partial charge in [0, 0.05) is 19.2 Å². The average Bonchev–Trinajstić information content (AvgIpc) is 3.43. The summed E-state index contributed by atoms with van der Waals surface area (Å²) in [6.07, 6.45) is 1.23. The number of halogens is 3. The predicted molar refractivity (Wildman–Crippen MR) is 157 cm³/mol. The number of hydrogen-bond acceptors (Lipinski definition) is 5. The lowest BCUT2D eigenvalue weighted by Gasteiger charge is -2.11. The first kappa shape index (κ1) is 29.3. The van der Waals surface area contributed by atoms with E-state index >= 15 is 0 Å². The summed E-state index contributed by atoms with van der Waals surface area (Å²) in [6, 6.07) is 16.9. The molecular formula is C31H25ClF2N6O3. The topological polar surface area (TPSA) is 117 Å². The molecule has 9 nitrogen and oxygen atoms in total. The number of hydrogen-bond donors (Lipinski definition) is 3. The van der Waals surface area contributed by atoms with E-state index in [9.17, 15) is 23.2 Å². The first-order chi connectivity index (χ1) is 20.6. The van der Waals surface area contributed by atoms with Gasteiger partial charge in [0.15, 0.2) is 17.3 Å². The molecule has 0 radical (unpaired) electrons. The van der Waals surface area contributed by atoms with Crippen molar-refractivity contribution in [3.8, 4) is 0 Å². The minimum atomic E-state index is -1.05. The maximum Gasteiger partial charge on any atom is 0.270 e. The second-order valence-corrected chi connectivity index (χ2v) is 10.2. The summed E-state index contributed by atoms with van der Waals surface area (Å²) in [7, 11) is 0. The summed E-state index contributed by atoms with van der Waals surface area (Å²) >= 11 is 6.19. The Labute approximate surface area is 249 Å². The van der Waals surface area contributed by atoms with E-state index in [4.69, 9.17) is 11.6 Å². The molecule has 0 saturated carbocycles. The number of nitrogens with zero attached hydrogens (tertiary/aromatic N) is 3. The van der Waals surface area contributed by atoms with Crippen LogP contribution in [0.2, 0.25) is 5.02 Å². The Morgan fingerprint density at radius 2 is 1.51 bits per heavy atom. The van der Waals surface area contributed by atoms with Crippen LogP contribution in [0.25, 0.3) is 5.65 Å². The molecule has 12 heteroatoms. The highest BCUT2D eigenvalue weighted by molar-refractivity contribution is 6.34. The lowest BCUT2D eigenvalue weighted by atomic mass is 10.1. The van der Waals surface area contributed by atoms with Crippen molar-refractivity contribution in [2.45, 2.75) is 26.9 Å². The highest BCUT2D eigenvalue weighted by Crippen LogP contribution is 2.22. The maximum absolute atomic E-state index is 13.6. The van der Waals surface area contributed by atoms with Gasteiger partial charge in [-0.2, -0.15) is 5.10 Å². The Morgan fingerprint density at radius 1 is 0.814 bits per heavy atom. The van der Waals surface area contributed by atoms with Gasteiger partial charge in [-0.25, -0.2) is 18.3 Å². The third kappa shape index (κ3) is 6.52. The third-order valence-corrected chi connectivity index (χ3v) is 7.09. The summed E-state index contributed by atoms with van der Waals surface area (Å²) < 4.78 is 28.1. The third-order valence-electron chi connectivity index (χ3n) is 6.77. The maximum atomic E-state index is 13.6. The van der Waals surface area contributed by atoms with E-state index < -0.39 is 29.4 Å². The SMILES string of the molecule is Cc1ccc(CNC(=O)c2cc(C(=O)NCc3ccc(F)c(F)c3)nc3c(C(=O)Nc4ccccc4Cl)cnn23)cc1C. The molecule has 0 atom stereocenters. The zero-order chi connectivity index (χ0) is 30.7. The number of rotatable bonds is 8. The van der Waals surface area contributed by atoms with Crippen LogP contribution < -0.4 is 16.0 Å². The van der Waals surface area contributed by atoms with Gasteiger partial charge >= 0.3 is 0 Å². The van der Waals surface area contributed by atoms with Gasteiger partial charge in [-0.3, -0.25) is 14.4 Å². The highest BCUT2D eigenvalue weighted by atomic mass is 35.5. The zero-order valence-electron chi connectivity index (χ0n) is 23.0. The van der Waals surface area contributed by atoms with Crippen molar-refractivity contribution in [2.24, 2.45) is 0 Å². The van der Waals surface area contributed by atoms with Gasteiger partial charge in [-0.05, 0) is 60.4 Å². The van der Waals surface area contributed by atoms with Gasteiger partial charge in [0.05, 0.1) is 16.9 Å². The number of aryl methyl sites for hydroxylation is 2. The first-order valence-electron chi connectivity index (χ1n) is 13.1. The summed E-state index contributed by atoms with van der Waals surface area (Å²) in [4.78, 5) is 44.1. The molecule has 0 aliphatic carbocycles. The highest BCUT2D eigenvalue weighted by Gasteiger charge is 2.23. The largest absolute Gasteiger partial charge is 0.347 e. The Kier molecular flexibility index (Phi) is 8.44. The molecule has 0 aliphatic heterocycles. The summed E-state index contributed by atoms with van der Waals surface area (Å²) in [5.41, 5.74) is 3.39. The van der Waals surface area contributed by atoms with Crippen LogP contribution in [-0.2, 0) is 13.1 Å². The van der Waals surface area contributed by atoms with E-state index in [1.807, 2.05) is 32.0 Å². The van der Waals surface area contributed by atoms with E-state index in [1.54, 1.807) is 24.3 Å². The minimum absolute atomic E-state index is 0.0154. The van der Waals surface area contributed by atoms with E-state index in [-0.39, 0.29) is 35.7 Å². The van der Waals surface area contributed by atoms with E-state index in [0.717, 1.165) is 28.8 Å². The number of carbonyl (C=O) groups is 3. The van der Waals surface area contributed by atoms with Crippen LogP contribution in [-0.4, -0.2) is 32.3 Å². The van der Waals surface area contributed by atoms with E-state index in [1.165, 1.54) is 22.8 Å². The van der Waals surface area contributed by atoms with Crippen LogP contribution in [0, 0.1) is 25.5 Å². The van der Waals surface area contributed by atoms with Crippen molar-refractivity contribution in [2.75, 3.05) is 5.32 Å².